The number of carbonyl (C=O) groups excluding carboxylic acids is 2. The number of benzene rings is 2. The number of allylic oxidation sites excluding steroid dienone is 1. The minimum Gasteiger partial charge on any atom is -0.481 e. The molecule has 146 valence electrons. The summed E-state index contributed by atoms with van der Waals surface area (Å²) in [6, 6.07) is 10.9. The van der Waals surface area contributed by atoms with Crippen LogP contribution in [0, 0.1) is 6.92 Å². The lowest BCUT2D eigenvalue weighted by Crippen LogP contribution is -2.27. The lowest BCUT2D eigenvalue weighted by molar-refractivity contribution is -0.157. The molecule has 6 heteroatoms. The van der Waals surface area contributed by atoms with Crippen LogP contribution in [0.15, 0.2) is 46.6 Å². The largest absolute Gasteiger partial charge is 0.481 e. The second kappa shape index (κ2) is 7.80. The molecule has 0 aromatic heterocycles. The zero-order valence-corrected chi connectivity index (χ0v) is 17.8. The molecule has 3 rings (SSSR count). The Balaban J connectivity index is 1.78. The van der Waals surface area contributed by atoms with Crippen molar-refractivity contribution in [2.75, 3.05) is 6.61 Å². The Morgan fingerprint density at radius 2 is 1.96 bits per heavy atom. The molecule has 0 saturated carbocycles. The van der Waals surface area contributed by atoms with Gasteiger partial charge in [-0.05, 0) is 63.6 Å². The third-order valence-electron chi connectivity index (χ3n) is 3.95. The van der Waals surface area contributed by atoms with Gasteiger partial charge in [0, 0.05) is 10.0 Å². The van der Waals surface area contributed by atoms with Crippen LogP contribution in [0.5, 0.6) is 11.5 Å². The maximum absolute atomic E-state index is 12.7. The van der Waals surface area contributed by atoms with Crippen molar-refractivity contribution < 1.29 is 23.8 Å². The summed E-state index contributed by atoms with van der Waals surface area (Å²) >= 11 is 3.41. The predicted octanol–water partition coefficient (Wildman–Crippen LogP) is 5.09. The molecule has 1 heterocycles. The van der Waals surface area contributed by atoms with Gasteiger partial charge in [-0.15, -0.1) is 0 Å². The van der Waals surface area contributed by atoms with E-state index in [2.05, 4.69) is 15.9 Å². The molecule has 0 unspecified atom stereocenters. The molecule has 1 aliphatic heterocycles. The summed E-state index contributed by atoms with van der Waals surface area (Å²) in [7, 11) is 0. The fourth-order valence-corrected chi connectivity index (χ4v) is 3.20. The molecular weight excluding hydrogens is 424 g/mol. The Bertz CT molecular complexity index is 969. The fourth-order valence-electron chi connectivity index (χ4n) is 2.78. The van der Waals surface area contributed by atoms with Gasteiger partial charge < -0.3 is 14.2 Å². The molecule has 1 aliphatic rings. The molecule has 0 aliphatic carbocycles. The maximum atomic E-state index is 12.7. The average Bonchev–Trinajstić information content (AvgIpc) is 2.90. The van der Waals surface area contributed by atoms with Gasteiger partial charge in [0.15, 0.2) is 12.4 Å². The van der Waals surface area contributed by atoms with Gasteiger partial charge >= 0.3 is 5.97 Å². The van der Waals surface area contributed by atoms with Crippen LogP contribution in [0.25, 0.3) is 6.08 Å². The van der Waals surface area contributed by atoms with Crippen LogP contribution in [-0.4, -0.2) is 24.0 Å². The number of Topliss-reactive ketones (excluding diaryl/α,β-unsaturated/α-hetero) is 1. The summed E-state index contributed by atoms with van der Waals surface area (Å²) in [5.74, 6) is 0.533. The minimum atomic E-state index is -0.574. The molecule has 0 saturated heterocycles. The van der Waals surface area contributed by atoms with E-state index in [0.717, 1.165) is 10.0 Å². The number of fused-ring (bicyclic) bond motifs is 1. The van der Waals surface area contributed by atoms with Crippen LogP contribution in [0.3, 0.4) is 0 Å². The van der Waals surface area contributed by atoms with E-state index in [4.69, 9.17) is 14.2 Å². The van der Waals surface area contributed by atoms with Gasteiger partial charge in [0.1, 0.15) is 17.1 Å². The fraction of sp³-hybridized carbons (Fsp3) is 0.273. The highest BCUT2D eigenvalue weighted by Gasteiger charge is 2.30. The first-order valence-corrected chi connectivity index (χ1v) is 9.61. The average molecular weight is 445 g/mol. The highest BCUT2D eigenvalue weighted by Crippen LogP contribution is 2.39. The van der Waals surface area contributed by atoms with E-state index >= 15 is 0 Å². The third-order valence-corrected chi connectivity index (χ3v) is 4.44. The predicted molar refractivity (Wildman–Crippen MR) is 110 cm³/mol. The number of halogens is 1. The Kier molecular flexibility index (Phi) is 5.61. The lowest BCUT2D eigenvalue weighted by atomic mass is 10.1. The van der Waals surface area contributed by atoms with Crippen molar-refractivity contribution in [2.24, 2.45) is 0 Å². The first-order chi connectivity index (χ1) is 13.1. The molecule has 28 heavy (non-hydrogen) atoms. The second-order valence-corrected chi connectivity index (χ2v) is 8.35. The standard InChI is InChI=1S/C22H21BrO5/c1-13-17(26-12-19(24)28-22(2,3)4)9-8-16-20(25)18(27-21(13)16)11-14-6-5-7-15(23)10-14/h5-11H,12H2,1-4H3/b18-11-. The van der Waals surface area contributed by atoms with Crippen LogP contribution >= 0.6 is 15.9 Å². The monoisotopic (exact) mass is 444 g/mol. The van der Waals surface area contributed by atoms with Crippen molar-refractivity contribution in [1.29, 1.82) is 0 Å². The van der Waals surface area contributed by atoms with Crippen molar-refractivity contribution in [1.82, 2.24) is 0 Å². The highest BCUT2D eigenvalue weighted by atomic mass is 79.9. The number of rotatable bonds is 4. The summed E-state index contributed by atoms with van der Waals surface area (Å²) in [5, 5.41) is 0. The molecule has 5 nitrogen and oxygen atoms in total. The van der Waals surface area contributed by atoms with Gasteiger partial charge in [-0.2, -0.15) is 0 Å². The van der Waals surface area contributed by atoms with Crippen molar-refractivity contribution >= 4 is 33.8 Å². The number of hydrogen-bond donors (Lipinski definition) is 0. The van der Waals surface area contributed by atoms with E-state index in [1.54, 1.807) is 45.9 Å². The lowest BCUT2D eigenvalue weighted by Gasteiger charge is -2.19. The number of ketones is 1. The first kappa shape index (κ1) is 20.1. The normalized spacial score (nSPS) is 14.6. The highest BCUT2D eigenvalue weighted by molar-refractivity contribution is 9.10. The van der Waals surface area contributed by atoms with Crippen LogP contribution in [0.2, 0.25) is 0 Å². The number of carbonyl (C=O) groups is 2. The quantitative estimate of drug-likeness (QED) is 0.485. The first-order valence-electron chi connectivity index (χ1n) is 8.82. The molecule has 2 aromatic carbocycles. The zero-order valence-electron chi connectivity index (χ0n) is 16.2. The molecule has 0 radical (unpaired) electrons. The third kappa shape index (κ3) is 4.62. The summed E-state index contributed by atoms with van der Waals surface area (Å²) < 4.78 is 17.6. The van der Waals surface area contributed by atoms with Crippen LogP contribution in [0.4, 0.5) is 0 Å². The van der Waals surface area contributed by atoms with Gasteiger partial charge in [-0.25, -0.2) is 4.79 Å². The maximum Gasteiger partial charge on any atom is 0.344 e. The van der Waals surface area contributed by atoms with Crippen molar-refractivity contribution in [3.05, 3.63) is 63.3 Å². The van der Waals surface area contributed by atoms with E-state index in [1.165, 1.54) is 0 Å². The molecule has 0 N–H and O–H groups in total. The molecule has 0 atom stereocenters. The number of ether oxygens (including phenoxy) is 3. The van der Waals surface area contributed by atoms with Crippen LogP contribution < -0.4 is 9.47 Å². The second-order valence-electron chi connectivity index (χ2n) is 7.44. The van der Waals surface area contributed by atoms with E-state index in [-0.39, 0.29) is 18.1 Å². The van der Waals surface area contributed by atoms with Crippen molar-refractivity contribution in [2.45, 2.75) is 33.3 Å². The zero-order chi connectivity index (χ0) is 20.5. The minimum absolute atomic E-state index is 0.184. The Morgan fingerprint density at radius 3 is 2.64 bits per heavy atom. The van der Waals surface area contributed by atoms with Gasteiger partial charge in [0.05, 0.1) is 5.56 Å². The Hall–Kier alpha value is -2.60. The molecular formula is C22H21BrO5. The van der Waals surface area contributed by atoms with Gasteiger partial charge in [0.25, 0.3) is 0 Å². The smallest absolute Gasteiger partial charge is 0.344 e. The number of hydrogen-bond acceptors (Lipinski definition) is 5. The van der Waals surface area contributed by atoms with Gasteiger partial charge in [-0.3, -0.25) is 4.79 Å². The number of esters is 1. The van der Waals surface area contributed by atoms with E-state index in [1.807, 2.05) is 24.3 Å². The summed E-state index contributed by atoms with van der Waals surface area (Å²) in [4.78, 5) is 24.5. The van der Waals surface area contributed by atoms with E-state index in [9.17, 15) is 9.59 Å². The Morgan fingerprint density at radius 1 is 1.21 bits per heavy atom. The summed E-state index contributed by atoms with van der Waals surface area (Å²) in [6.45, 7) is 6.96. The van der Waals surface area contributed by atoms with Crippen LogP contribution in [-0.2, 0) is 9.53 Å². The van der Waals surface area contributed by atoms with Crippen LogP contribution in [0.1, 0.15) is 42.3 Å². The molecule has 0 amide bonds. The molecule has 2 aromatic rings. The topological polar surface area (TPSA) is 61.8 Å². The van der Waals surface area contributed by atoms with Gasteiger partial charge in [0.2, 0.25) is 5.78 Å². The van der Waals surface area contributed by atoms with Crippen molar-refractivity contribution in [3.8, 4) is 11.5 Å². The van der Waals surface area contributed by atoms with Crippen molar-refractivity contribution in [3.63, 3.8) is 0 Å². The SMILES string of the molecule is Cc1c(OCC(=O)OC(C)(C)C)ccc2c1O/C(=C\c1cccc(Br)c1)C2=O. The Labute approximate surface area is 172 Å². The molecule has 0 spiro atoms. The van der Waals surface area contributed by atoms with E-state index in [0.29, 0.717) is 22.6 Å². The summed E-state index contributed by atoms with van der Waals surface area (Å²) in [5.41, 5.74) is 1.41. The summed E-state index contributed by atoms with van der Waals surface area (Å²) in [6.07, 6.45) is 1.70. The molecule has 0 bridgehead atoms. The molecule has 0 fully saturated rings. The van der Waals surface area contributed by atoms with E-state index < -0.39 is 11.6 Å². The van der Waals surface area contributed by atoms with Gasteiger partial charge in [-0.1, -0.05) is 28.1 Å².